The molecule has 0 saturated heterocycles. The van der Waals surface area contributed by atoms with Gasteiger partial charge in [0.15, 0.2) is 0 Å². The minimum Gasteiger partial charge on any atom is -0.497 e. The molecular formula is C21H32N2O3. The van der Waals surface area contributed by atoms with E-state index in [1.807, 2.05) is 38.1 Å². The van der Waals surface area contributed by atoms with Crippen LogP contribution in [0.2, 0.25) is 0 Å². The van der Waals surface area contributed by atoms with Crippen molar-refractivity contribution in [3.05, 3.63) is 29.8 Å². The average Bonchev–Trinajstić information content (AvgIpc) is 2.68. The van der Waals surface area contributed by atoms with Crippen molar-refractivity contribution in [2.24, 2.45) is 0 Å². The van der Waals surface area contributed by atoms with E-state index in [1.165, 1.54) is 19.3 Å². The maximum absolute atomic E-state index is 12.9. The van der Waals surface area contributed by atoms with Gasteiger partial charge in [-0.2, -0.15) is 0 Å². The van der Waals surface area contributed by atoms with Gasteiger partial charge in [0.05, 0.1) is 7.11 Å². The minimum absolute atomic E-state index is 0.00598. The monoisotopic (exact) mass is 360 g/mol. The fourth-order valence-electron chi connectivity index (χ4n) is 3.59. The molecule has 26 heavy (non-hydrogen) atoms. The Kier molecular flexibility index (Phi) is 7.95. The molecule has 2 rings (SSSR count). The summed E-state index contributed by atoms with van der Waals surface area (Å²) in [6.07, 6.45) is 6.69. The number of carbonyl (C=O) groups excluding carboxylic acids is 2. The van der Waals surface area contributed by atoms with Gasteiger partial charge in [0.2, 0.25) is 11.8 Å². The van der Waals surface area contributed by atoms with Crippen molar-refractivity contribution in [3.63, 3.8) is 0 Å². The third-order valence-corrected chi connectivity index (χ3v) is 5.15. The summed E-state index contributed by atoms with van der Waals surface area (Å²) >= 11 is 0. The van der Waals surface area contributed by atoms with Crippen molar-refractivity contribution < 1.29 is 14.3 Å². The van der Waals surface area contributed by atoms with Crippen molar-refractivity contribution in [3.8, 4) is 5.75 Å². The first-order chi connectivity index (χ1) is 12.6. The lowest BCUT2D eigenvalue weighted by Crippen LogP contribution is -2.51. The molecule has 5 heteroatoms. The van der Waals surface area contributed by atoms with E-state index in [0.717, 1.165) is 24.2 Å². The van der Waals surface area contributed by atoms with Gasteiger partial charge in [0.1, 0.15) is 11.8 Å². The molecule has 1 aromatic carbocycles. The molecule has 1 N–H and O–H groups in total. The predicted octanol–water partition coefficient (Wildman–Crippen LogP) is 3.66. The van der Waals surface area contributed by atoms with E-state index in [1.54, 1.807) is 12.0 Å². The van der Waals surface area contributed by atoms with Crippen molar-refractivity contribution in [1.29, 1.82) is 0 Å². The van der Waals surface area contributed by atoms with Crippen LogP contribution < -0.4 is 10.1 Å². The summed E-state index contributed by atoms with van der Waals surface area (Å²) in [7, 11) is 1.63. The number of nitrogens with zero attached hydrogens (tertiary/aromatic N) is 1. The van der Waals surface area contributed by atoms with Gasteiger partial charge in [-0.3, -0.25) is 9.59 Å². The average molecular weight is 360 g/mol. The van der Waals surface area contributed by atoms with E-state index in [9.17, 15) is 9.59 Å². The highest BCUT2D eigenvalue weighted by atomic mass is 16.5. The molecule has 0 spiro atoms. The van der Waals surface area contributed by atoms with Crippen molar-refractivity contribution in [2.45, 2.75) is 77.4 Å². The lowest BCUT2D eigenvalue weighted by molar-refractivity contribution is -0.141. The zero-order chi connectivity index (χ0) is 18.9. The Labute approximate surface area is 157 Å². The zero-order valence-electron chi connectivity index (χ0n) is 16.3. The van der Waals surface area contributed by atoms with E-state index in [0.29, 0.717) is 19.4 Å². The summed E-state index contributed by atoms with van der Waals surface area (Å²) in [6.45, 7) is 4.25. The topological polar surface area (TPSA) is 58.6 Å². The number of benzene rings is 1. The Balaban J connectivity index is 2.10. The molecule has 1 unspecified atom stereocenters. The van der Waals surface area contributed by atoms with Gasteiger partial charge in [0.25, 0.3) is 0 Å². The molecule has 5 nitrogen and oxygen atoms in total. The van der Waals surface area contributed by atoms with Crippen LogP contribution in [-0.4, -0.2) is 35.9 Å². The normalized spacial score (nSPS) is 16.0. The number of amides is 2. The summed E-state index contributed by atoms with van der Waals surface area (Å²) in [6, 6.07) is 7.48. The molecule has 1 aliphatic rings. The first-order valence-electron chi connectivity index (χ1n) is 9.81. The number of hydrogen-bond acceptors (Lipinski definition) is 3. The van der Waals surface area contributed by atoms with E-state index in [2.05, 4.69) is 5.32 Å². The van der Waals surface area contributed by atoms with Gasteiger partial charge >= 0.3 is 0 Å². The van der Waals surface area contributed by atoms with Crippen LogP contribution in [0.25, 0.3) is 0 Å². The third kappa shape index (κ3) is 5.48. The molecule has 0 radical (unpaired) electrons. The van der Waals surface area contributed by atoms with Crippen LogP contribution in [0.4, 0.5) is 0 Å². The van der Waals surface area contributed by atoms with Gasteiger partial charge < -0.3 is 15.0 Å². The van der Waals surface area contributed by atoms with Gasteiger partial charge in [-0.1, -0.05) is 45.2 Å². The van der Waals surface area contributed by atoms with Gasteiger partial charge in [-0.25, -0.2) is 0 Å². The fraction of sp³-hybridized carbons (Fsp3) is 0.619. The quantitative estimate of drug-likeness (QED) is 0.770. The highest BCUT2D eigenvalue weighted by Crippen LogP contribution is 2.20. The molecule has 144 valence electrons. The minimum atomic E-state index is -0.425. The number of ether oxygens (including phenoxy) is 1. The van der Waals surface area contributed by atoms with Crippen LogP contribution in [0, 0.1) is 0 Å². The van der Waals surface area contributed by atoms with Crippen molar-refractivity contribution >= 4 is 11.8 Å². The lowest BCUT2D eigenvalue weighted by Gasteiger charge is -2.32. The summed E-state index contributed by atoms with van der Waals surface area (Å²) < 4.78 is 5.19. The number of rotatable bonds is 8. The van der Waals surface area contributed by atoms with E-state index >= 15 is 0 Å². The number of hydrogen-bond donors (Lipinski definition) is 1. The summed E-state index contributed by atoms with van der Waals surface area (Å²) in [5.41, 5.74) is 0.997. The zero-order valence-corrected chi connectivity index (χ0v) is 16.3. The van der Waals surface area contributed by atoms with Crippen LogP contribution in [0.15, 0.2) is 24.3 Å². The maximum atomic E-state index is 12.9. The standard InChI is InChI=1S/C21H32N2O3/c1-4-19(21(25)22-17-9-7-6-8-10-17)23(20(24)5-2)15-16-11-13-18(26-3)14-12-16/h11-14,17,19H,4-10,15H2,1-3H3,(H,22,25). The number of nitrogens with one attached hydrogen (secondary N) is 1. The molecule has 1 atom stereocenters. The first-order valence-corrected chi connectivity index (χ1v) is 9.81. The molecule has 0 heterocycles. The summed E-state index contributed by atoms with van der Waals surface area (Å²) in [4.78, 5) is 27.1. The third-order valence-electron chi connectivity index (χ3n) is 5.15. The van der Waals surface area contributed by atoms with Crippen LogP contribution in [0.1, 0.15) is 64.4 Å². The van der Waals surface area contributed by atoms with Gasteiger partial charge in [0, 0.05) is 19.0 Å². The second-order valence-corrected chi connectivity index (χ2v) is 6.99. The Hall–Kier alpha value is -2.04. The second-order valence-electron chi connectivity index (χ2n) is 6.99. The highest BCUT2D eigenvalue weighted by molar-refractivity contribution is 5.87. The number of methoxy groups -OCH3 is 1. The van der Waals surface area contributed by atoms with Crippen molar-refractivity contribution in [1.82, 2.24) is 10.2 Å². The van der Waals surface area contributed by atoms with Crippen LogP contribution in [0.5, 0.6) is 5.75 Å². The molecule has 1 fully saturated rings. The fourth-order valence-corrected chi connectivity index (χ4v) is 3.59. The summed E-state index contributed by atoms with van der Waals surface area (Å²) in [5.74, 6) is 0.769. The van der Waals surface area contributed by atoms with Gasteiger partial charge in [-0.15, -0.1) is 0 Å². The Morgan fingerprint density at radius 1 is 1.15 bits per heavy atom. The predicted molar refractivity (Wildman–Crippen MR) is 103 cm³/mol. The van der Waals surface area contributed by atoms with E-state index in [-0.39, 0.29) is 17.9 Å². The number of carbonyl (C=O) groups is 2. The van der Waals surface area contributed by atoms with Crippen LogP contribution >= 0.6 is 0 Å². The molecular weight excluding hydrogens is 328 g/mol. The molecule has 1 saturated carbocycles. The Morgan fingerprint density at radius 3 is 2.35 bits per heavy atom. The molecule has 0 bridgehead atoms. The largest absolute Gasteiger partial charge is 0.497 e. The van der Waals surface area contributed by atoms with E-state index in [4.69, 9.17) is 4.74 Å². The van der Waals surface area contributed by atoms with Crippen LogP contribution in [0.3, 0.4) is 0 Å². The maximum Gasteiger partial charge on any atom is 0.243 e. The van der Waals surface area contributed by atoms with Crippen LogP contribution in [-0.2, 0) is 16.1 Å². The molecule has 2 amide bonds. The molecule has 0 aliphatic heterocycles. The molecule has 1 aromatic rings. The van der Waals surface area contributed by atoms with Crippen molar-refractivity contribution in [2.75, 3.05) is 7.11 Å². The SMILES string of the molecule is CCC(=O)N(Cc1ccc(OC)cc1)C(CC)C(=O)NC1CCCCC1. The second kappa shape index (κ2) is 10.2. The molecule has 0 aromatic heterocycles. The van der Waals surface area contributed by atoms with E-state index < -0.39 is 6.04 Å². The smallest absolute Gasteiger partial charge is 0.243 e. The molecule has 1 aliphatic carbocycles. The first kappa shape index (κ1) is 20.3. The van der Waals surface area contributed by atoms with Gasteiger partial charge in [-0.05, 0) is 37.0 Å². The highest BCUT2D eigenvalue weighted by Gasteiger charge is 2.29. The Morgan fingerprint density at radius 2 is 1.81 bits per heavy atom. The summed E-state index contributed by atoms with van der Waals surface area (Å²) in [5, 5.41) is 3.18. The Bertz CT molecular complexity index is 579. The lowest BCUT2D eigenvalue weighted by atomic mass is 9.95.